The summed E-state index contributed by atoms with van der Waals surface area (Å²) >= 11 is 0. The minimum absolute atomic E-state index is 0.0377. The summed E-state index contributed by atoms with van der Waals surface area (Å²) in [6, 6.07) is 12.6. The van der Waals surface area contributed by atoms with E-state index in [0.717, 1.165) is 11.3 Å². The molecule has 0 aliphatic heterocycles. The van der Waals surface area contributed by atoms with Gasteiger partial charge in [-0.25, -0.2) is 0 Å². The molecule has 1 amide bonds. The van der Waals surface area contributed by atoms with Crippen molar-refractivity contribution in [2.75, 3.05) is 6.61 Å². The number of hydrogen-bond donors (Lipinski definition) is 1. The number of nitrogens with zero attached hydrogens (tertiary/aromatic N) is 1. The van der Waals surface area contributed by atoms with Crippen LogP contribution in [0.25, 0.3) is 6.08 Å². The van der Waals surface area contributed by atoms with Crippen LogP contribution in [0.15, 0.2) is 52.7 Å². The van der Waals surface area contributed by atoms with Gasteiger partial charge in [0.15, 0.2) is 0 Å². The summed E-state index contributed by atoms with van der Waals surface area (Å²) in [5, 5.41) is 11.8. The zero-order valence-electron chi connectivity index (χ0n) is 12.2. The molecule has 0 aliphatic rings. The van der Waals surface area contributed by atoms with E-state index in [1.165, 1.54) is 12.3 Å². The number of nitrogens with one attached hydrogen (secondary N) is 1. The fourth-order valence-electron chi connectivity index (χ4n) is 1.82. The van der Waals surface area contributed by atoms with Crippen molar-refractivity contribution < 1.29 is 13.9 Å². The lowest BCUT2D eigenvalue weighted by Gasteiger charge is -2.04. The Hall–Kier alpha value is -3.00. The second-order valence-electron chi connectivity index (χ2n) is 4.43. The molecule has 0 fully saturated rings. The summed E-state index contributed by atoms with van der Waals surface area (Å²) in [6.45, 7) is 2.74. The van der Waals surface area contributed by atoms with Gasteiger partial charge in [-0.2, -0.15) is 5.26 Å². The lowest BCUT2D eigenvalue weighted by molar-refractivity contribution is -0.117. The molecular formula is C17H16N2O3. The van der Waals surface area contributed by atoms with E-state index in [1.54, 1.807) is 36.4 Å². The molecule has 0 atom stereocenters. The number of carbonyl (C=O) groups is 1. The molecular weight excluding hydrogens is 280 g/mol. The normalized spacial score (nSPS) is 10.8. The summed E-state index contributed by atoms with van der Waals surface area (Å²) in [7, 11) is 0. The van der Waals surface area contributed by atoms with Crippen LogP contribution in [0.4, 0.5) is 0 Å². The molecule has 1 aromatic carbocycles. The summed E-state index contributed by atoms with van der Waals surface area (Å²) in [5.74, 6) is 0.944. The van der Waals surface area contributed by atoms with E-state index in [2.05, 4.69) is 5.32 Å². The van der Waals surface area contributed by atoms with E-state index in [1.807, 2.05) is 13.0 Å². The number of nitriles is 1. The molecule has 1 heterocycles. The average Bonchev–Trinajstić information content (AvgIpc) is 3.05. The van der Waals surface area contributed by atoms with Gasteiger partial charge >= 0.3 is 0 Å². The average molecular weight is 296 g/mol. The third kappa shape index (κ3) is 4.25. The summed E-state index contributed by atoms with van der Waals surface area (Å²) < 4.78 is 10.5. The monoisotopic (exact) mass is 296 g/mol. The van der Waals surface area contributed by atoms with E-state index < -0.39 is 5.91 Å². The molecule has 112 valence electrons. The minimum atomic E-state index is -0.437. The number of rotatable bonds is 6. The maximum atomic E-state index is 12.0. The Bertz CT molecular complexity index is 680. The third-order valence-corrected chi connectivity index (χ3v) is 2.87. The minimum Gasteiger partial charge on any atom is -0.494 e. The molecule has 0 bridgehead atoms. The summed E-state index contributed by atoms with van der Waals surface area (Å²) in [6.07, 6.45) is 3.07. The molecule has 0 unspecified atom stereocenters. The maximum absolute atomic E-state index is 12.0. The molecule has 0 spiro atoms. The van der Waals surface area contributed by atoms with E-state index in [0.29, 0.717) is 12.4 Å². The molecule has 1 N–H and O–H groups in total. The Kier molecular flexibility index (Phi) is 5.38. The van der Waals surface area contributed by atoms with Crippen LogP contribution < -0.4 is 10.1 Å². The van der Waals surface area contributed by atoms with Crippen molar-refractivity contribution in [2.45, 2.75) is 13.5 Å². The first kappa shape index (κ1) is 15.4. The number of benzene rings is 1. The Morgan fingerprint density at radius 2 is 2.14 bits per heavy atom. The largest absolute Gasteiger partial charge is 0.494 e. The van der Waals surface area contributed by atoms with Crippen LogP contribution in [0.5, 0.6) is 5.75 Å². The van der Waals surface area contributed by atoms with Gasteiger partial charge in [-0.15, -0.1) is 0 Å². The highest BCUT2D eigenvalue weighted by Crippen LogP contribution is 2.14. The number of amides is 1. The number of hydrogen-bond acceptors (Lipinski definition) is 4. The molecule has 0 radical (unpaired) electrons. The number of furan rings is 1. The smallest absolute Gasteiger partial charge is 0.262 e. The molecule has 0 aliphatic carbocycles. The van der Waals surface area contributed by atoms with Gasteiger partial charge in [0.1, 0.15) is 23.2 Å². The van der Waals surface area contributed by atoms with Crippen LogP contribution >= 0.6 is 0 Å². The zero-order chi connectivity index (χ0) is 15.8. The zero-order valence-corrected chi connectivity index (χ0v) is 12.2. The highest BCUT2D eigenvalue weighted by Gasteiger charge is 2.09. The summed E-state index contributed by atoms with van der Waals surface area (Å²) in [5.41, 5.74) is 0.795. The number of ether oxygens (including phenoxy) is 1. The first-order valence-electron chi connectivity index (χ1n) is 6.88. The first-order valence-corrected chi connectivity index (χ1v) is 6.88. The van der Waals surface area contributed by atoms with Gasteiger partial charge in [0, 0.05) is 0 Å². The van der Waals surface area contributed by atoms with Gasteiger partial charge in [-0.05, 0) is 42.8 Å². The van der Waals surface area contributed by atoms with Crippen molar-refractivity contribution in [2.24, 2.45) is 0 Å². The van der Waals surface area contributed by atoms with E-state index in [-0.39, 0.29) is 12.1 Å². The van der Waals surface area contributed by atoms with Crippen LogP contribution in [0.3, 0.4) is 0 Å². The van der Waals surface area contributed by atoms with Crippen LogP contribution in [-0.4, -0.2) is 12.5 Å². The van der Waals surface area contributed by atoms with Gasteiger partial charge in [0.25, 0.3) is 5.91 Å². The predicted octanol–water partition coefficient (Wildman–Crippen LogP) is 2.90. The lowest BCUT2D eigenvalue weighted by Crippen LogP contribution is -2.23. The van der Waals surface area contributed by atoms with Crippen molar-refractivity contribution >= 4 is 12.0 Å². The van der Waals surface area contributed by atoms with Crippen molar-refractivity contribution in [3.8, 4) is 11.8 Å². The van der Waals surface area contributed by atoms with Crippen LogP contribution in [-0.2, 0) is 11.3 Å². The summed E-state index contributed by atoms with van der Waals surface area (Å²) in [4.78, 5) is 12.0. The Balaban J connectivity index is 2.03. The van der Waals surface area contributed by atoms with Crippen molar-refractivity contribution in [3.63, 3.8) is 0 Å². The molecule has 0 saturated carbocycles. The molecule has 2 aromatic rings. The van der Waals surface area contributed by atoms with Gasteiger partial charge in [0.05, 0.1) is 19.4 Å². The molecule has 0 saturated heterocycles. The molecule has 5 nitrogen and oxygen atoms in total. The number of carbonyl (C=O) groups excluding carboxylic acids is 1. The van der Waals surface area contributed by atoms with Gasteiger partial charge < -0.3 is 14.5 Å². The van der Waals surface area contributed by atoms with Crippen LogP contribution in [0.1, 0.15) is 18.2 Å². The third-order valence-electron chi connectivity index (χ3n) is 2.87. The molecule has 1 aromatic heterocycles. The fraction of sp³-hybridized carbons (Fsp3) is 0.176. The standard InChI is InChI=1S/C17H16N2O3/c1-2-21-15-7-5-13(6-8-15)10-14(11-18)17(20)19-12-16-4-3-9-22-16/h3-10H,2,12H2,1H3,(H,19,20)/b14-10-. The van der Waals surface area contributed by atoms with Crippen molar-refractivity contribution in [1.82, 2.24) is 5.32 Å². The first-order chi connectivity index (χ1) is 10.7. The second-order valence-corrected chi connectivity index (χ2v) is 4.43. The molecule has 22 heavy (non-hydrogen) atoms. The highest BCUT2D eigenvalue weighted by molar-refractivity contribution is 6.01. The molecule has 2 rings (SSSR count). The molecule has 5 heteroatoms. The lowest BCUT2D eigenvalue weighted by atomic mass is 10.1. The van der Waals surface area contributed by atoms with E-state index >= 15 is 0 Å². The quantitative estimate of drug-likeness (QED) is 0.657. The Morgan fingerprint density at radius 1 is 1.36 bits per heavy atom. The predicted molar refractivity (Wildman–Crippen MR) is 81.8 cm³/mol. The highest BCUT2D eigenvalue weighted by atomic mass is 16.5. The fourth-order valence-corrected chi connectivity index (χ4v) is 1.82. The van der Waals surface area contributed by atoms with Crippen molar-refractivity contribution in [1.29, 1.82) is 5.26 Å². The Labute approximate surface area is 128 Å². The topological polar surface area (TPSA) is 75.3 Å². The van der Waals surface area contributed by atoms with Crippen LogP contribution in [0.2, 0.25) is 0 Å². The second kappa shape index (κ2) is 7.70. The van der Waals surface area contributed by atoms with E-state index in [9.17, 15) is 4.79 Å². The Morgan fingerprint density at radius 3 is 2.73 bits per heavy atom. The van der Waals surface area contributed by atoms with Crippen molar-refractivity contribution in [3.05, 3.63) is 59.6 Å². The van der Waals surface area contributed by atoms with Crippen LogP contribution in [0, 0.1) is 11.3 Å². The SMILES string of the molecule is CCOc1ccc(/C=C(/C#N)C(=O)NCc2ccco2)cc1. The van der Waals surface area contributed by atoms with Gasteiger partial charge in [-0.1, -0.05) is 12.1 Å². The maximum Gasteiger partial charge on any atom is 0.262 e. The van der Waals surface area contributed by atoms with Gasteiger partial charge in [-0.3, -0.25) is 4.79 Å². The van der Waals surface area contributed by atoms with E-state index in [4.69, 9.17) is 14.4 Å². The van der Waals surface area contributed by atoms with Gasteiger partial charge in [0.2, 0.25) is 0 Å².